The lowest BCUT2D eigenvalue weighted by Gasteiger charge is -2.28. The zero-order valence-corrected chi connectivity index (χ0v) is 21.6. The van der Waals surface area contributed by atoms with E-state index in [1.165, 1.54) is 16.3 Å². The molecule has 0 fully saturated rings. The Labute approximate surface area is 221 Å². The van der Waals surface area contributed by atoms with Crippen molar-refractivity contribution < 1.29 is 4.42 Å². The lowest BCUT2D eigenvalue weighted by molar-refractivity contribution is 0.590. The van der Waals surface area contributed by atoms with Crippen LogP contribution in [0.15, 0.2) is 101 Å². The third-order valence-electron chi connectivity index (χ3n) is 7.69. The molecule has 184 valence electrons. The van der Waals surface area contributed by atoms with E-state index in [1.807, 2.05) is 36.4 Å². The molecule has 1 unspecified atom stereocenters. The lowest BCUT2D eigenvalue weighted by atomic mass is 9.87. The molecule has 0 radical (unpaired) electrons. The minimum absolute atomic E-state index is 0.0723. The Bertz CT molecular complexity index is 1900. The number of para-hydroxylation sites is 1. The van der Waals surface area contributed by atoms with Gasteiger partial charge < -0.3 is 14.6 Å². The fraction of sp³-hybridized carbons (Fsp3) is 0.147. The molecule has 4 nitrogen and oxygen atoms in total. The first kappa shape index (κ1) is 22.4. The van der Waals surface area contributed by atoms with Gasteiger partial charge in [-0.1, -0.05) is 81.4 Å². The topological polar surface area (TPSA) is 52.2 Å². The number of hydrogen-bond donors (Lipinski definition) is 1. The zero-order valence-electron chi connectivity index (χ0n) is 21.6. The molecule has 38 heavy (non-hydrogen) atoms. The molecule has 4 heteroatoms. The number of rotatable bonds is 2. The summed E-state index contributed by atoms with van der Waals surface area (Å²) in [6.07, 6.45) is -0.216. The van der Waals surface area contributed by atoms with Crippen LogP contribution in [0.5, 0.6) is 0 Å². The predicted octanol–water partition coefficient (Wildman–Crippen LogP) is 9.17. The summed E-state index contributed by atoms with van der Waals surface area (Å²) in [7, 11) is 0. The SMILES string of the molecule is CC(C)(C)c1ccc(N2c3ccc4ccccc4c3NC2c2ccc(C#N)c3c2oc2ccccc23)cc1. The third kappa shape index (κ3) is 3.29. The maximum Gasteiger partial charge on any atom is 0.143 e. The molecule has 0 aliphatic carbocycles. The fourth-order valence-electron chi connectivity index (χ4n) is 5.74. The molecule has 1 N–H and O–H groups in total. The summed E-state index contributed by atoms with van der Waals surface area (Å²) in [4.78, 5) is 2.35. The number of nitriles is 1. The number of fused-ring (bicyclic) bond motifs is 6. The van der Waals surface area contributed by atoms with Crippen molar-refractivity contribution in [1.82, 2.24) is 0 Å². The Balaban J connectivity index is 1.48. The molecule has 1 atom stereocenters. The molecule has 0 bridgehead atoms. The average molecular weight is 494 g/mol. The Kier molecular flexibility index (Phi) is 4.80. The van der Waals surface area contributed by atoms with Gasteiger partial charge in [0, 0.05) is 27.4 Å². The van der Waals surface area contributed by atoms with Gasteiger partial charge in [0.15, 0.2) is 0 Å². The van der Waals surface area contributed by atoms with E-state index < -0.39 is 0 Å². The number of nitrogens with one attached hydrogen (secondary N) is 1. The van der Waals surface area contributed by atoms with E-state index in [1.54, 1.807) is 0 Å². The zero-order chi connectivity index (χ0) is 26.0. The van der Waals surface area contributed by atoms with Crippen molar-refractivity contribution in [3.8, 4) is 6.07 Å². The highest BCUT2D eigenvalue weighted by Gasteiger charge is 2.35. The maximum atomic E-state index is 9.93. The van der Waals surface area contributed by atoms with Gasteiger partial charge in [0.1, 0.15) is 17.3 Å². The molecular formula is C34H27N3O. The smallest absolute Gasteiger partial charge is 0.143 e. The van der Waals surface area contributed by atoms with Crippen molar-refractivity contribution in [2.45, 2.75) is 32.4 Å². The molecule has 7 rings (SSSR count). The summed E-state index contributed by atoms with van der Waals surface area (Å²) in [6.45, 7) is 6.70. The van der Waals surface area contributed by atoms with E-state index in [0.29, 0.717) is 5.56 Å². The number of hydrogen-bond acceptors (Lipinski definition) is 4. The van der Waals surface area contributed by atoms with E-state index >= 15 is 0 Å². The van der Waals surface area contributed by atoms with Crippen LogP contribution in [0.2, 0.25) is 0 Å². The van der Waals surface area contributed by atoms with Gasteiger partial charge in [-0.25, -0.2) is 0 Å². The van der Waals surface area contributed by atoms with Crippen LogP contribution in [0.1, 0.15) is 43.6 Å². The van der Waals surface area contributed by atoms with Gasteiger partial charge >= 0.3 is 0 Å². The maximum absolute atomic E-state index is 9.93. The first-order valence-corrected chi connectivity index (χ1v) is 13.0. The first-order chi connectivity index (χ1) is 18.4. The predicted molar refractivity (Wildman–Crippen MR) is 156 cm³/mol. The highest BCUT2D eigenvalue weighted by Crippen LogP contribution is 2.51. The van der Waals surface area contributed by atoms with E-state index in [2.05, 4.69) is 97.7 Å². The van der Waals surface area contributed by atoms with Crippen LogP contribution in [-0.2, 0) is 5.41 Å². The van der Waals surface area contributed by atoms with Crippen LogP contribution >= 0.6 is 0 Å². The number of furan rings is 1. The number of anilines is 3. The van der Waals surface area contributed by atoms with Gasteiger partial charge in [-0.15, -0.1) is 0 Å². The van der Waals surface area contributed by atoms with Crippen LogP contribution in [-0.4, -0.2) is 0 Å². The molecule has 0 saturated carbocycles. The summed E-state index contributed by atoms with van der Waals surface area (Å²) in [5.41, 5.74) is 7.83. The van der Waals surface area contributed by atoms with E-state index in [4.69, 9.17) is 4.42 Å². The number of benzene rings is 5. The normalized spacial score (nSPS) is 15.1. The Hall–Kier alpha value is -4.75. The second-order valence-corrected chi connectivity index (χ2v) is 11.0. The molecule has 1 aliphatic heterocycles. The molecular weight excluding hydrogens is 466 g/mol. The molecule has 6 aromatic rings. The monoisotopic (exact) mass is 493 g/mol. The fourth-order valence-corrected chi connectivity index (χ4v) is 5.74. The van der Waals surface area contributed by atoms with Crippen molar-refractivity contribution in [1.29, 1.82) is 5.26 Å². The van der Waals surface area contributed by atoms with Gasteiger partial charge in [0.25, 0.3) is 0 Å². The minimum Gasteiger partial charge on any atom is -0.456 e. The summed E-state index contributed by atoms with van der Waals surface area (Å²) < 4.78 is 6.46. The number of nitrogens with zero attached hydrogens (tertiary/aromatic N) is 2. The second-order valence-electron chi connectivity index (χ2n) is 11.0. The highest BCUT2D eigenvalue weighted by molar-refractivity contribution is 6.10. The van der Waals surface area contributed by atoms with Crippen molar-refractivity contribution >= 4 is 49.8 Å². The quantitative estimate of drug-likeness (QED) is 0.261. The van der Waals surface area contributed by atoms with Crippen LogP contribution < -0.4 is 10.2 Å². The van der Waals surface area contributed by atoms with Gasteiger partial charge in [0.05, 0.1) is 23.0 Å². The van der Waals surface area contributed by atoms with Crippen molar-refractivity contribution in [2.24, 2.45) is 0 Å². The molecule has 2 heterocycles. The molecule has 5 aromatic carbocycles. The third-order valence-corrected chi connectivity index (χ3v) is 7.69. The summed E-state index contributed by atoms with van der Waals surface area (Å²) in [5, 5.41) is 18.0. The molecule has 1 aromatic heterocycles. The lowest BCUT2D eigenvalue weighted by Crippen LogP contribution is -2.24. The largest absolute Gasteiger partial charge is 0.456 e. The summed E-state index contributed by atoms with van der Waals surface area (Å²) >= 11 is 0. The van der Waals surface area contributed by atoms with Crippen LogP contribution in [0.4, 0.5) is 17.1 Å². The standard InChI is InChI=1S/C34H27N3O/c1-34(2,3)23-14-16-24(17-15-23)37-28-19-13-21-8-4-5-9-25(21)31(28)36-33(37)27-18-12-22(20-35)30-26-10-6-7-11-29(26)38-32(27)30/h4-19,33,36H,1-3H3. The van der Waals surface area contributed by atoms with Crippen LogP contribution in [0.3, 0.4) is 0 Å². The summed E-state index contributed by atoms with van der Waals surface area (Å²) in [6, 6.07) is 36.0. The van der Waals surface area contributed by atoms with Crippen LogP contribution in [0.25, 0.3) is 32.7 Å². The van der Waals surface area contributed by atoms with Crippen LogP contribution in [0, 0.1) is 11.3 Å². The van der Waals surface area contributed by atoms with Gasteiger partial charge in [-0.3, -0.25) is 0 Å². The molecule has 1 aliphatic rings. The molecule has 0 amide bonds. The van der Waals surface area contributed by atoms with Crippen molar-refractivity contribution in [3.05, 3.63) is 114 Å². The van der Waals surface area contributed by atoms with Gasteiger partial charge in [0.2, 0.25) is 0 Å². The second kappa shape index (κ2) is 8.13. The van der Waals surface area contributed by atoms with Crippen molar-refractivity contribution in [3.63, 3.8) is 0 Å². The molecule has 0 spiro atoms. The van der Waals surface area contributed by atoms with E-state index in [-0.39, 0.29) is 11.6 Å². The Morgan fingerprint density at radius 3 is 2.32 bits per heavy atom. The minimum atomic E-state index is -0.216. The Morgan fingerprint density at radius 2 is 1.55 bits per heavy atom. The highest BCUT2D eigenvalue weighted by atomic mass is 16.3. The summed E-state index contributed by atoms with van der Waals surface area (Å²) in [5.74, 6) is 0. The van der Waals surface area contributed by atoms with E-state index in [0.717, 1.165) is 44.6 Å². The van der Waals surface area contributed by atoms with Gasteiger partial charge in [-0.05, 0) is 52.8 Å². The average Bonchev–Trinajstić information content (AvgIpc) is 3.52. The van der Waals surface area contributed by atoms with Crippen molar-refractivity contribution in [2.75, 3.05) is 10.2 Å². The first-order valence-electron chi connectivity index (χ1n) is 13.0. The van der Waals surface area contributed by atoms with E-state index in [9.17, 15) is 5.26 Å². The van der Waals surface area contributed by atoms with Gasteiger partial charge in [-0.2, -0.15) is 5.26 Å². The Morgan fingerprint density at radius 1 is 0.816 bits per heavy atom. The molecule has 0 saturated heterocycles.